The van der Waals surface area contributed by atoms with Crippen molar-refractivity contribution >= 4 is 8.03 Å². The highest BCUT2D eigenvalue weighted by Crippen LogP contribution is 2.36. The Hall–Kier alpha value is 0.150. The van der Waals surface area contributed by atoms with E-state index in [2.05, 4.69) is 0 Å². The van der Waals surface area contributed by atoms with E-state index in [0.717, 1.165) is 25.8 Å². The molecular formula is C10H24NO2P. The minimum atomic E-state index is -1.88. The van der Waals surface area contributed by atoms with Crippen LogP contribution in [0.15, 0.2) is 0 Å². The van der Waals surface area contributed by atoms with Crippen LogP contribution in [-0.4, -0.2) is 17.8 Å². The summed E-state index contributed by atoms with van der Waals surface area (Å²) >= 11 is 0. The molecule has 0 bridgehead atoms. The average Bonchev–Trinajstić information content (AvgIpc) is 2.03. The van der Waals surface area contributed by atoms with Crippen molar-refractivity contribution in [2.24, 2.45) is 5.73 Å². The van der Waals surface area contributed by atoms with Crippen LogP contribution in [0.5, 0.6) is 0 Å². The molecule has 0 aliphatic rings. The standard InChI is InChI=1S/C10H24NO2P/c1-9(2)14(12)13-10(3,4)7-5-6-8-11/h9,14H,5-8,11H2,1-4H3. The first-order valence-corrected chi connectivity index (χ1v) is 6.71. The molecule has 0 aromatic rings. The van der Waals surface area contributed by atoms with Crippen LogP contribution in [0, 0.1) is 0 Å². The molecule has 0 aliphatic heterocycles. The van der Waals surface area contributed by atoms with Crippen molar-refractivity contribution in [2.75, 3.05) is 6.54 Å². The average molecular weight is 221 g/mol. The normalized spacial score (nSPS) is 14.7. The summed E-state index contributed by atoms with van der Waals surface area (Å²) in [5, 5.41) is 0. The van der Waals surface area contributed by atoms with Gasteiger partial charge in [-0.3, -0.25) is 4.57 Å². The Labute approximate surface area is 88.3 Å². The van der Waals surface area contributed by atoms with Crippen LogP contribution in [-0.2, 0) is 9.09 Å². The summed E-state index contributed by atoms with van der Waals surface area (Å²) in [6.07, 6.45) is 2.97. The molecule has 2 N–H and O–H groups in total. The molecule has 14 heavy (non-hydrogen) atoms. The fourth-order valence-electron chi connectivity index (χ4n) is 1.14. The lowest BCUT2D eigenvalue weighted by Gasteiger charge is -2.25. The van der Waals surface area contributed by atoms with E-state index in [-0.39, 0.29) is 11.3 Å². The minimum Gasteiger partial charge on any atom is -0.330 e. The van der Waals surface area contributed by atoms with Crippen LogP contribution in [0.3, 0.4) is 0 Å². The van der Waals surface area contributed by atoms with Gasteiger partial charge in [0, 0.05) is 5.66 Å². The Kier molecular flexibility index (Phi) is 6.67. The van der Waals surface area contributed by atoms with Crippen LogP contribution in [0.2, 0.25) is 0 Å². The fraction of sp³-hybridized carbons (Fsp3) is 1.00. The van der Waals surface area contributed by atoms with E-state index in [0.29, 0.717) is 0 Å². The summed E-state index contributed by atoms with van der Waals surface area (Å²) in [4.78, 5) is 0. The smallest absolute Gasteiger partial charge is 0.194 e. The van der Waals surface area contributed by atoms with Crippen molar-refractivity contribution in [3.8, 4) is 0 Å². The summed E-state index contributed by atoms with van der Waals surface area (Å²) in [5.74, 6) is 0. The molecule has 4 heteroatoms. The van der Waals surface area contributed by atoms with E-state index in [4.69, 9.17) is 10.3 Å². The predicted molar refractivity (Wildman–Crippen MR) is 62.2 cm³/mol. The second-order valence-corrected chi connectivity index (χ2v) is 6.58. The third kappa shape index (κ3) is 6.58. The molecule has 0 rings (SSSR count). The van der Waals surface area contributed by atoms with Crippen LogP contribution in [0.4, 0.5) is 0 Å². The molecule has 1 unspecified atom stereocenters. The fourth-order valence-corrected chi connectivity index (χ4v) is 2.02. The van der Waals surface area contributed by atoms with Gasteiger partial charge in [0.05, 0.1) is 5.60 Å². The molecule has 0 saturated heterocycles. The number of rotatable bonds is 7. The Balaban J connectivity index is 3.87. The van der Waals surface area contributed by atoms with Crippen LogP contribution in [0.25, 0.3) is 0 Å². The summed E-state index contributed by atoms with van der Waals surface area (Å²) < 4.78 is 17.1. The molecule has 0 fully saturated rings. The van der Waals surface area contributed by atoms with Crippen LogP contribution < -0.4 is 5.73 Å². The molecule has 0 radical (unpaired) electrons. The van der Waals surface area contributed by atoms with Crippen molar-refractivity contribution < 1.29 is 9.09 Å². The second kappa shape index (κ2) is 6.60. The van der Waals surface area contributed by atoms with Gasteiger partial charge in [0.25, 0.3) is 0 Å². The molecule has 0 aromatic heterocycles. The van der Waals surface area contributed by atoms with E-state index in [1.807, 2.05) is 27.7 Å². The van der Waals surface area contributed by atoms with E-state index in [9.17, 15) is 4.57 Å². The quantitative estimate of drug-likeness (QED) is 0.531. The van der Waals surface area contributed by atoms with Gasteiger partial charge in [0.1, 0.15) is 0 Å². The van der Waals surface area contributed by atoms with Gasteiger partial charge in [0.15, 0.2) is 8.03 Å². The molecule has 86 valence electrons. The highest BCUT2D eigenvalue weighted by atomic mass is 31.1. The maximum atomic E-state index is 11.5. The highest BCUT2D eigenvalue weighted by molar-refractivity contribution is 7.40. The largest absolute Gasteiger partial charge is 0.330 e. The topological polar surface area (TPSA) is 52.3 Å². The van der Waals surface area contributed by atoms with Crippen molar-refractivity contribution in [1.82, 2.24) is 0 Å². The Morgan fingerprint density at radius 3 is 2.36 bits per heavy atom. The SMILES string of the molecule is CC(C)[PH](=O)OC(C)(C)CCCCN. The molecule has 3 nitrogen and oxygen atoms in total. The first kappa shape index (κ1) is 14.2. The zero-order valence-corrected chi connectivity index (χ0v) is 10.8. The van der Waals surface area contributed by atoms with E-state index < -0.39 is 8.03 Å². The van der Waals surface area contributed by atoms with Gasteiger partial charge >= 0.3 is 0 Å². The zero-order valence-electron chi connectivity index (χ0n) is 9.80. The molecule has 0 saturated carbocycles. The minimum absolute atomic E-state index is 0.133. The lowest BCUT2D eigenvalue weighted by molar-refractivity contribution is 0.106. The summed E-state index contributed by atoms with van der Waals surface area (Å²) in [6.45, 7) is 8.56. The highest BCUT2D eigenvalue weighted by Gasteiger charge is 2.22. The van der Waals surface area contributed by atoms with Crippen molar-refractivity contribution in [1.29, 1.82) is 0 Å². The van der Waals surface area contributed by atoms with Crippen LogP contribution >= 0.6 is 8.03 Å². The van der Waals surface area contributed by atoms with Gasteiger partial charge < -0.3 is 10.3 Å². The molecule has 0 aliphatic carbocycles. The summed E-state index contributed by atoms with van der Waals surface area (Å²) in [7, 11) is -1.88. The molecular weight excluding hydrogens is 197 g/mol. The van der Waals surface area contributed by atoms with Crippen LogP contribution in [0.1, 0.15) is 47.0 Å². The second-order valence-electron chi connectivity index (χ2n) is 4.58. The maximum Gasteiger partial charge on any atom is 0.194 e. The van der Waals surface area contributed by atoms with Gasteiger partial charge in [-0.1, -0.05) is 13.8 Å². The van der Waals surface area contributed by atoms with Gasteiger partial charge in [-0.05, 0) is 39.7 Å². The number of nitrogens with two attached hydrogens (primary N) is 1. The lowest BCUT2D eigenvalue weighted by Crippen LogP contribution is -2.22. The zero-order chi connectivity index (χ0) is 11.2. The van der Waals surface area contributed by atoms with E-state index in [1.54, 1.807) is 0 Å². The van der Waals surface area contributed by atoms with Crippen molar-refractivity contribution in [2.45, 2.75) is 58.2 Å². The molecule has 0 spiro atoms. The Bertz CT molecular complexity index is 181. The van der Waals surface area contributed by atoms with Gasteiger partial charge in [-0.15, -0.1) is 0 Å². The van der Waals surface area contributed by atoms with Gasteiger partial charge in [-0.2, -0.15) is 0 Å². The number of hydrogen-bond donors (Lipinski definition) is 1. The summed E-state index contributed by atoms with van der Waals surface area (Å²) in [5.41, 5.74) is 5.28. The molecule has 0 amide bonds. The summed E-state index contributed by atoms with van der Waals surface area (Å²) in [6, 6.07) is 0. The monoisotopic (exact) mass is 221 g/mol. The Morgan fingerprint density at radius 2 is 1.93 bits per heavy atom. The first-order valence-electron chi connectivity index (χ1n) is 5.32. The van der Waals surface area contributed by atoms with E-state index >= 15 is 0 Å². The lowest BCUT2D eigenvalue weighted by atomic mass is 10.0. The first-order chi connectivity index (χ1) is 6.39. The van der Waals surface area contributed by atoms with Gasteiger partial charge in [-0.25, -0.2) is 0 Å². The van der Waals surface area contributed by atoms with Gasteiger partial charge in [0.2, 0.25) is 0 Å². The Morgan fingerprint density at radius 1 is 1.36 bits per heavy atom. The predicted octanol–water partition coefficient (Wildman–Crippen LogP) is 2.79. The third-order valence-corrected chi connectivity index (χ3v) is 3.78. The molecule has 1 atom stereocenters. The number of hydrogen-bond acceptors (Lipinski definition) is 3. The maximum absolute atomic E-state index is 11.5. The number of unbranched alkanes of at least 4 members (excludes halogenated alkanes) is 1. The van der Waals surface area contributed by atoms with E-state index in [1.165, 1.54) is 0 Å². The van der Waals surface area contributed by atoms with Crippen molar-refractivity contribution in [3.05, 3.63) is 0 Å². The molecule has 0 aromatic carbocycles. The van der Waals surface area contributed by atoms with Crippen molar-refractivity contribution in [3.63, 3.8) is 0 Å². The third-order valence-electron chi connectivity index (χ3n) is 2.08. The molecule has 0 heterocycles.